The molecule has 1 aromatic rings. The van der Waals surface area contributed by atoms with Crippen LogP contribution in [0, 0.1) is 17.2 Å². The van der Waals surface area contributed by atoms with Gasteiger partial charge in [-0.1, -0.05) is 31.5 Å². The predicted molar refractivity (Wildman–Crippen MR) is 66.0 cm³/mol. The van der Waals surface area contributed by atoms with Gasteiger partial charge in [0, 0.05) is 5.69 Å². The molecule has 16 heavy (non-hydrogen) atoms. The lowest BCUT2D eigenvalue weighted by Crippen LogP contribution is -2.41. The largest absolute Gasteiger partial charge is 0.367 e. The van der Waals surface area contributed by atoms with Crippen LogP contribution in [0.3, 0.4) is 0 Å². The molecule has 0 radical (unpaired) electrons. The normalized spacial score (nSPS) is 29.4. The maximum absolute atomic E-state index is 9.41. The van der Waals surface area contributed by atoms with Crippen molar-refractivity contribution in [2.45, 2.75) is 38.1 Å². The van der Waals surface area contributed by atoms with E-state index in [9.17, 15) is 5.26 Å². The summed E-state index contributed by atoms with van der Waals surface area (Å²) >= 11 is 0. The van der Waals surface area contributed by atoms with Crippen LogP contribution in [0.1, 0.15) is 32.6 Å². The highest BCUT2D eigenvalue weighted by molar-refractivity contribution is 5.47. The molecule has 2 nitrogen and oxygen atoms in total. The number of nitrogens with zero attached hydrogens (tertiary/aromatic N) is 1. The van der Waals surface area contributed by atoms with Crippen LogP contribution in [-0.2, 0) is 0 Å². The molecule has 0 bridgehead atoms. The van der Waals surface area contributed by atoms with E-state index in [1.165, 1.54) is 6.42 Å². The Morgan fingerprint density at radius 2 is 2.12 bits per heavy atom. The average Bonchev–Trinajstić information content (AvgIpc) is 2.30. The van der Waals surface area contributed by atoms with Crippen molar-refractivity contribution >= 4 is 5.69 Å². The molecule has 2 rings (SSSR count). The standard InChI is InChI=1S/C14H18N2/c1-12-6-5-9-14(10-12,11-15)16-13-7-3-2-4-8-13/h2-4,7-8,12,16H,5-6,9-10H2,1H3. The fraction of sp³-hybridized carbons (Fsp3) is 0.500. The lowest BCUT2D eigenvalue weighted by atomic mass is 9.77. The minimum atomic E-state index is -0.348. The predicted octanol–water partition coefficient (Wildman–Crippen LogP) is 3.57. The molecule has 1 aliphatic carbocycles. The first-order valence-electron chi connectivity index (χ1n) is 5.99. The van der Waals surface area contributed by atoms with E-state index in [1.807, 2.05) is 30.3 Å². The van der Waals surface area contributed by atoms with Gasteiger partial charge in [-0.15, -0.1) is 0 Å². The Morgan fingerprint density at radius 3 is 2.75 bits per heavy atom. The smallest absolute Gasteiger partial charge is 0.125 e. The Kier molecular flexibility index (Phi) is 3.14. The van der Waals surface area contributed by atoms with Crippen molar-refractivity contribution < 1.29 is 0 Å². The molecule has 0 aliphatic heterocycles. The highest BCUT2D eigenvalue weighted by Gasteiger charge is 2.34. The number of nitrogens with one attached hydrogen (secondary N) is 1. The van der Waals surface area contributed by atoms with E-state index in [-0.39, 0.29) is 5.54 Å². The Hall–Kier alpha value is -1.49. The molecule has 2 unspecified atom stereocenters. The van der Waals surface area contributed by atoms with E-state index in [1.54, 1.807) is 0 Å². The number of benzene rings is 1. The SMILES string of the molecule is CC1CCCC(C#N)(Nc2ccccc2)C1. The van der Waals surface area contributed by atoms with Crippen LogP contribution in [0.5, 0.6) is 0 Å². The zero-order valence-corrected chi connectivity index (χ0v) is 9.74. The maximum Gasteiger partial charge on any atom is 0.125 e. The first-order valence-corrected chi connectivity index (χ1v) is 5.99. The summed E-state index contributed by atoms with van der Waals surface area (Å²) in [6.07, 6.45) is 4.32. The summed E-state index contributed by atoms with van der Waals surface area (Å²) in [6, 6.07) is 12.5. The molecule has 0 heterocycles. The minimum absolute atomic E-state index is 0.348. The topological polar surface area (TPSA) is 35.8 Å². The van der Waals surface area contributed by atoms with Gasteiger partial charge in [0.1, 0.15) is 5.54 Å². The minimum Gasteiger partial charge on any atom is -0.367 e. The number of para-hydroxylation sites is 1. The Labute approximate surface area is 97.3 Å². The van der Waals surface area contributed by atoms with Crippen LogP contribution in [0.25, 0.3) is 0 Å². The molecule has 1 aliphatic rings. The molecule has 1 saturated carbocycles. The average molecular weight is 214 g/mol. The first kappa shape index (κ1) is 11.0. The molecular formula is C14H18N2. The second-order valence-electron chi connectivity index (χ2n) is 4.89. The van der Waals surface area contributed by atoms with Crippen molar-refractivity contribution in [3.8, 4) is 6.07 Å². The van der Waals surface area contributed by atoms with Gasteiger partial charge in [0.2, 0.25) is 0 Å². The summed E-state index contributed by atoms with van der Waals surface area (Å²) in [5, 5.41) is 12.8. The van der Waals surface area contributed by atoms with Crippen molar-refractivity contribution in [2.24, 2.45) is 5.92 Å². The molecule has 0 saturated heterocycles. The molecule has 1 N–H and O–H groups in total. The number of nitriles is 1. The van der Waals surface area contributed by atoms with Gasteiger partial charge < -0.3 is 5.32 Å². The van der Waals surface area contributed by atoms with Crippen molar-refractivity contribution in [2.75, 3.05) is 5.32 Å². The van der Waals surface area contributed by atoms with Gasteiger partial charge in [-0.05, 0) is 37.3 Å². The summed E-state index contributed by atoms with van der Waals surface area (Å²) in [5.74, 6) is 0.643. The van der Waals surface area contributed by atoms with Crippen LogP contribution >= 0.6 is 0 Å². The molecule has 0 spiro atoms. The van der Waals surface area contributed by atoms with E-state index < -0.39 is 0 Å². The highest BCUT2D eigenvalue weighted by atomic mass is 15.0. The van der Waals surface area contributed by atoms with Gasteiger partial charge in [-0.2, -0.15) is 5.26 Å². The molecule has 2 heteroatoms. The molecule has 84 valence electrons. The molecule has 1 fully saturated rings. The van der Waals surface area contributed by atoms with Crippen molar-refractivity contribution in [1.29, 1.82) is 5.26 Å². The van der Waals surface area contributed by atoms with Crippen molar-refractivity contribution in [3.63, 3.8) is 0 Å². The van der Waals surface area contributed by atoms with Crippen LogP contribution < -0.4 is 5.32 Å². The van der Waals surface area contributed by atoms with E-state index in [4.69, 9.17) is 0 Å². The Morgan fingerprint density at radius 1 is 1.38 bits per heavy atom. The van der Waals surface area contributed by atoms with E-state index in [0.29, 0.717) is 5.92 Å². The van der Waals surface area contributed by atoms with E-state index >= 15 is 0 Å². The third-order valence-electron chi connectivity index (χ3n) is 3.37. The van der Waals surface area contributed by atoms with Crippen LogP contribution in [-0.4, -0.2) is 5.54 Å². The summed E-state index contributed by atoms with van der Waals surface area (Å²) in [5.41, 5.74) is 0.706. The maximum atomic E-state index is 9.41. The van der Waals surface area contributed by atoms with Crippen LogP contribution in [0.4, 0.5) is 5.69 Å². The number of rotatable bonds is 2. The van der Waals surface area contributed by atoms with E-state index in [0.717, 1.165) is 24.9 Å². The zero-order chi connectivity index (χ0) is 11.4. The van der Waals surface area contributed by atoms with Crippen LogP contribution in [0.15, 0.2) is 30.3 Å². The molecular weight excluding hydrogens is 196 g/mol. The van der Waals surface area contributed by atoms with Crippen molar-refractivity contribution in [3.05, 3.63) is 30.3 Å². The summed E-state index contributed by atoms with van der Waals surface area (Å²) in [7, 11) is 0. The second-order valence-corrected chi connectivity index (χ2v) is 4.89. The quantitative estimate of drug-likeness (QED) is 0.817. The van der Waals surface area contributed by atoms with Gasteiger partial charge in [-0.3, -0.25) is 0 Å². The van der Waals surface area contributed by atoms with Gasteiger partial charge in [0.25, 0.3) is 0 Å². The summed E-state index contributed by atoms with van der Waals surface area (Å²) < 4.78 is 0. The molecule has 2 atom stereocenters. The monoisotopic (exact) mass is 214 g/mol. The fourth-order valence-corrected chi connectivity index (χ4v) is 2.59. The Bertz CT molecular complexity index is 379. The molecule has 0 amide bonds. The summed E-state index contributed by atoms with van der Waals surface area (Å²) in [6.45, 7) is 2.23. The van der Waals surface area contributed by atoms with Crippen molar-refractivity contribution in [1.82, 2.24) is 0 Å². The van der Waals surface area contributed by atoms with E-state index in [2.05, 4.69) is 18.3 Å². The number of anilines is 1. The first-order chi connectivity index (χ1) is 7.74. The summed E-state index contributed by atoms with van der Waals surface area (Å²) in [4.78, 5) is 0. The third-order valence-corrected chi connectivity index (χ3v) is 3.37. The third kappa shape index (κ3) is 2.36. The highest BCUT2D eigenvalue weighted by Crippen LogP contribution is 2.34. The number of hydrogen-bond donors (Lipinski definition) is 1. The lowest BCUT2D eigenvalue weighted by molar-refractivity contribution is 0.308. The van der Waals surface area contributed by atoms with Gasteiger partial charge in [-0.25, -0.2) is 0 Å². The molecule has 0 aromatic heterocycles. The van der Waals surface area contributed by atoms with Gasteiger partial charge in [0.15, 0.2) is 0 Å². The lowest BCUT2D eigenvalue weighted by Gasteiger charge is -2.35. The zero-order valence-electron chi connectivity index (χ0n) is 9.74. The second kappa shape index (κ2) is 4.57. The van der Waals surface area contributed by atoms with Crippen LogP contribution in [0.2, 0.25) is 0 Å². The fourth-order valence-electron chi connectivity index (χ4n) is 2.59. The van der Waals surface area contributed by atoms with Gasteiger partial charge >= 0.3 is 0 Å². The Balaban J connectivity index is 2.14. The number of hydrogen-bond acceptors (Lipinski definition) is 2. The van der Waals surface area contributed by atoms with Gasteiger partial charge in [0.05, 0.1) is 6.07 Å². The molecule has 1 aromatic carbocycles.